The van der Waals surface area contributed by atoms with Crippen LogP contribution in [0.5, 0.6) is 0 Å². The van der Waals surface area contributed by atoms with Gasteiger partial charge in [0.1, 0.15) is 28.3 Å². The third kappa shape index (κ3) is 11.2. The molecule has 13 nitrogen and oxygen atoms in total. The number of carbonyl (C=O) groups is 3. The first-order chi connectivity index (χ1) is 30.7. The molecule has 2 aromatic carbocycles. The minimum atomic E-state index is -1.52. The lowest BCUT2D eigenvalue weighted by atomic mass is 9.87. The van der Waals surface area contributed by atoms with E-state index in [4.69, 9.17) is 14.2 Å². The van der Waals surface area contributed by atoms with Crippen molar-refractivity contribution in [3.8, 4) is 0 Å². The van der Waals surface area contributed by atoms with Crippen molar-refractivity contribution in [1.82, 2.24) is 33.8 Å². The second-order valence-electron chi connectivity index (χ2n) is 19.9. The Kier molecular flexibility index (Phi) is 15.5. The molecule has 0 bridgehead atoms. The second-order valence-corrected chi connectivity index (χ2v) is 19.9. The van der Waals surface area contributed by atoms with Crippen LogP contribution < -0.4 is 0 Å². The third-order valence-electron chi connectivity index (χ3n) is 13.2. The molecule has 15 heteroatoms. The molecular formula is C51H71F2N7O6. The summed E-state index contributed by atoms with van der Waals surface area (Å²) >= 11 is 0. The number of halogens is 2. The molecule has 66 heavy (non-hydrogen) atoms. The van der Waals surface area contributed by atoms with Gasteiger partial charge in [0.05, 0.1) is 62.0 Å². The van der Waals surface area contributed by atoms with Gasteiger partial charge < -0.3 is 38.0 Å². The van der Waals surface area contributed by atoms with Gasteiger partial charge in [-0.1, -0.05) is 56.0 Å². The van der Waals surface area contributed by atoms with Crippen LogP contribution in [0.2, 0.25) is 0 Å². The van der Waals surface area contributed by atoms with Gasteiger partial charge in [-0.3, -0.25) is 9.59 Å². The number of hydrogen-bond donors (Lipinski definition) is 0. The maximum absolute atomic E-state index is 14.9. The van der Waals surface area contributed by atoms with Crippen LogP contribution in [0.25, 0.3) is 0 Å². The van der Waals surface area contributed by atoms with E-state index in [1.165, 1.54) is 20.3 Å². The summed E-state index contributed by atoms with van der Waals surface area (Å²) in [6, 6.07) is 14.2. The van der Waals surface area contributed by atoms with E-state index in [0.29, 0.717) is 67.6 Å². The Morgan fingerprint density at radius 1 is 0.682 bits per heavy atom. The lowest BCUT2D eigenvalue weighted by molar-refractivity contribution is -0.0988. The predicted molar refractivity (Wildman–Crippen MR) is 250 cm³/mol. The van der Waals surface area contributed by atoms with Gasteiger partial charge in [0, 0.05) is 39.3 Å². The molecular weight excluding hydrogens is 845 g/mol. The van der Waals surface area contributed by atoms with Crippen LogP contribution in [0.4, 0.5) is 13.6 Å². The van der Waals surface area contributed by atoms with Crippen molar-refractivity contribution in [2.24, 2.45) is 5.92 Å². The molecule has 360 valence electrons. The summed E-state index contributed by atoms with van der Waals surface area (Å²) in [5.74, 6) is 0.377. The van der Waals surface area contributed by atoms with E-state index in [2.05, 4.69) is 9.97 Å². The molecule has 4 fully saturated rings. The summed E-state index contributed by atoms with van der Waals surface area (Å²) in [5.41, 5.74) is 0.309. The predicted octanol–water partition coefficient (Wildman–Crippen LogP) is 9.52. The van der Waals surface area contributed by atoms with Crippen LogP contribution >= 0.6 is 0 Å². The number of benzene rings is 2. The maximum Gasteiger partial charge on any atom is 0.410 e. The van der Waals surface area contributed by atoms with Gasteiger partial charge in [-0.15, -0.1) is 0 Å². The Hall–Kier alpha value is -5.15. The number of fused-ring (bicyclic) bond motifs is 2. The number of likely N-dealkylation sites (tertiary alicyclic amines) is 2. The number of amides is 3. The van der Waals surface area contributed by atoms with E-state index in [9.17, 15) is 23.2 Å². The van der Waals surface area contributed by atoms with Crippen LogP contribution in [0.1, 0.15) is 151 Å². The van der Waals surface area contributed by atoms with Gasteiger partial charge in [-0.2, -0.15) is 0 Å². The Morgan fingerprint density at radius 2 is 1.17 bits per heavy atom. The zero-order valence-corrected chi connectivity index (χ0v) is 39.5. The monoisotopic (exact) mass is 916 g/mol. The van der Waals surface area contributed by atoms with Gasteiger partial charge in [0.2, 0.25) is 0 Å². The summed E-state index contributed by atoms with van der Waals surface area (Å²) in [6.45, 7) is 19.6. The highest BCUT2D eigenvalue weighted by Gasteiger charge is 2.43. The van der Waals surface area contributed by atoms with Crippen molar-refractivity contribution < 1.29 is 37.4 Å². The number of nitrogens with zero attached hydrogens (tertiary/aromatic N) is 7. The number of hydrogen-bond acceptors (Lipinski definition) is 8. The van der Waals surface area contributed by atoms with Crippen molar-refractivity contribution >= 4 is 17.9 Å². The smallest absolute Gasteiger partial charge is 0.410 e. The molecule has 4 aromatic rings. The second kappa shape index (κ2) is 20.4. The molecule has 0 radical (unpaired) electrons. The van der Waals surface area contributed by atoms with E-state index in [0.717, 1.165) is 37.1 Å². The summed E-state index contributed by atoms with van der Waals surface area (Å²) in [6.07, 6.45) is 9.87. The average molecular weight is 916 g/mol. The fourth-order valence-electron chi connectivity index (χ4n) is 9.86. The fourth-order valence-corrected chi connectivity index (χ4v) is 9.86. The largest absolute Gasteiger partial charge is 0.444 e. The average Bonchev–Trinajstić information content (AvgIpc) is 3.98. The molecule has 3 amide bonds. The summed E-state index contributed by atoms with van der Waals surface area (Å²) < 4.78 is 50.9. The number of alkyl halides is 2. The standard InChI is InChI=1S/C27H37FN4O4.C23H30FN3O2.CH4/c1-18(19-9-7-8-10-20(19)27(5,6)28)32-17-29-15-22(32)24(33)30-12-11-21-23(16-30)35-14-13-31(21)25(34)36-26(2,3)4;1-16(18-8-4-5-9-19(18)23(2,3)24)27-15-25-13-20(27)22(28)26-11-10-17-7-6-12-29-21(17)14-26;/h7-10,15,17-18,21,23H,11-14,16H2,1-6H3;4-5,8-9,13,15-17,21H,6-7,10-12,14H2,1-3H3;1H4/t18-,21+,23+;16-,17+,21+;/m00./s1. The van der Waals surface area contributed by atoms with Gasteiger partial charge in [0.25, 0.3) is 11.8 Å². The number of piperidine rings is 2. The highest BCUT2D eigenvalue weighted by molar-refractivity contribution is 5.93. The number of rotatable bonds is 8. The minimum Gasteiger partial charge on any atom is -0.444 e. The van der Waals surface area contributed by atoms with E-state index in [1.54, 1.807) is 59.3 Å². The molecule has 0 spiro atoms. The van der Waals surface area contributed by atoms with Gasteiger partial charge in [-0.05, 0) is 116 Å². The number of morpholine rings is 1. The first-order valence-electron chi connectivity index (χ1n) is 23.1. The van der Waals surface area contributed by atoms with Crippen molar-refractivity contribution in [2.75, 3.05) is 45.9 Å². The minimum absolute atomic E-state index is 0. The van der Waals surface area contributed by atoms with Crippen LogP contribution in [0, 0.1) is 5.92 Å². The summed E-state index contributed by atoms with van der Waals surface area (Å²) in [4.78, 5) is 53.5. The van der Waals surface area contributed by atoms with Crippen molar-refractivity contribution in [3.63, 3.8) is 0 Å². The van der Waals surface area contributed by atoms with Crippen LogP contribution in [0.15, 0.2) is 73.6 Å². The number of carbonyl (C=O) groups excluding carboxylic acids is 3. The van der Waals surface area contributed by atoms with E-state index >= 15 is 0 Å². The molecule has 8 rings (SSSR count). The Bertz CT molecular complexity index is 2290. The quantitative estimate of drug-likeness (QED) is 0.171. The zero-order valence-electron chi connectivity index (χ0n) is 39.5. The molecule has 0 aliphatic carbocycles. The molecule has 0 N–H and O–H groups in total. The first-order valence-corrected chi connectivity index (χ1v) is 23.1. The normalized spacial score (nSPS) is 22.1. The Morgan fingerprint density at radius 3 is 1.68 bits per heavy atom. The number of imidazole rings is 2. The molecule has 0 saturated carbocycles. The van der Waals surface area contributed by atoms with Crippen molar-refractivity contribution in [1.29, 1.82) is 0 Å². The fraction of sp³-hybridized carbons (Fsp3) is 0.588. The van der Waals surface area contributed by atoms with Gasteiger partial charge in [-0.25, -0.2) is 23.5 Å². The molecule has 4 saturated heterocycles. The first kappa shape index (κ1) is 50.3. The van der Waals surface area contributed by atoms with E-state index in [-0.39, 0.29) is 55.7 Å². The molecule has 6 heterocycles. The van der Waals surface area contributed by atoms with Crippen molar-refractivity contribution in [2.45, 2.75) is 143 Å². The van der Waals surface area contributed by atoms with Crippen molar-refractivity contribution in [3.05, 3.63) is 107 Å². The van der Waals surface area contributed by atoms with E-state index in [1.807, 2.05) is 86.6 Å². The van der Waals surface area contributed by atoms with Crippen LogP contribution in [-0.4, -0.2) is 121 Å². The SMILES string of the molecule is C.C[C@@H](c1ccccc1C(C)(C)F)n1cncc1C(=O)N1CC[C@@H]2[C@@H](C1)OCCN2C(=O)OC(C)(C)C.C[C@@H](c1ccccc1C(C)(C)F)n1cncc1C(=O)N1CC[C@H]2CCCO[C@@H]2C1. The number of ether oxygens (including phenoxy) is 3. The lowest BCUT2D eigenvalue weighted by Crippen LogP contribution is -2.61. The Labute approximate surface area is 389 Å². The molecule has 4 aliphatic heterocycles. The van der Waals surface area contributed by atoms with E-state index < -0.39 is 16.9 Å². The summed E-state index contributed by atoms with van der Waals surface area (Å²) in [7, 11) is 0. The highest BCUT2D eigenvalue weighted by Crippen LogP contribution is 2.36. The van der Waals surface area contributed by atoms with Gasteiger partial charge >= 0.3 is 6.09 Å². The lowest BCUT2D eigenvalue weighted by Gasteiger charge is -2.46. The zero-order chi connectivity index (χ0) is 46.8. The third-order valence-corrected chi connectivity index (χ3v) is 13.2. The molecule has 2 aromatic heterocycles. The molecule has 6 atom stereocenters. The highest BCUT2D eigenvalue weighted by atomic mass is 19.1. The van der Waals surface area contributed by atoms with Crippen LogP contribution in [-0.2, 0) is 25.5 Å². The maximum atomic E-state index is 14.9. The van der Waals surface area contributed by atoms with Gasteiger partial charge in [0.15, 0.2) is 0 Å². The molecule has 0 unspecified atom stereocenters. The number of aromatic nitrogens is 4. The summed E-state index contributed by atoms with van der Waals surface area (Å²) in [5, 5.41) is 0. The topological polar surface area (TPSA) is 124 Å². The van der Waals surface area contributed by atoms with Crippen LogP contribution in [0.3, 0.4) is 0 Å². The Balaban J connectivity index is 0.000000220. The molecule has 4 aliphatic rings.